The van der Waals surface area contributed by atoms with Gasteiger partial charge in [-0.05, 0) is 30.5 Å². The van der Waals surface area contributed by atoms with Crippen molar-refractivity contribution in [2.24, 2.45) is 0 Å². The zero-order chi connectivity index (χ0) is 21.1. The highest BCUT2D eigenvalue weighted by Gasteiger charge is 2.25. The Bertz CT molecular complexity index is 721. The lowest BCUT2D eigenvalue weighted by Gasteiger charge is -2.22. The molecular formula is C19H25ClN4O4. The largest absolute Gasteiger partial charge is 0.350 e. The number of Topliss-reactive ketones (excluding diaryl/α,β-unsaturated/α-hetero) is 1. The van der Waals surface area contributed by atoms with Gasteiger partial charge in [0.25, 0.3) is 0 Å². The molecular weight excluding hydrogens is 384 g/mol. The lowest BCUT2D eigenvalue weighted by Crippen LogP contribution is -2.53. The molecule has 28 heavy (non-hydrogen) atoms. The van der Waals surface area contributed by atoms with E-state index in [-0.39, 0.29) is 25.3 Å². The van der Waals surface area contributed by atoms with Crippen LogP contribution < -0.4 is 16.0 Å². The highest BCUT2D eigenvalue weighted by Crippen LogP contribution is 2.09. The molecule has 0 aromatic heterocycles. The summed E-state index contributed by atoms with van der Waals surface area (Å²) in [6.07, 6.45) is 1.02. The Kier molecular flexibility index (Phi) is 9.87. The van der Waals surface area contributed by atoms with Gasteiger partial charge in [-0.2, -0.15) is 0 Å². The molecule has 0 bridgehead atoms. The predicted octanol–water partition coefficient (Wildman–Crippen LogP) is 1.35. The molecule has 0 aliphatic heterocycles. The molecule has 1 aromatic carbocycles. The van der Waals surface area contributed by atoms with Gasteiger partial charge in [-0.25, -0.2) is 0 Å². The minimum atomic E-state index is -0.966. The minimum absolute atomic E-state index is 0.0446. The summed E-state index contributed by atoms with van der Waals surface area (Å²) in [4.78, 5) is 47.6. The standard InChI is InChI=1S/C19H25ClN4O4/c1-3-16(23-12(2)25)19(28)24-17(9-8-15(26)10-21)18(27)22-11-13-4-6-14(20)7-5-13/h4-7,10,16-17,21H,3,8-9,11H2,1-2H3,(H,22,27)(H,23,25)(H,24,28)/t16-,17-/m0/s1. The van der Waals surface area contributed by atoms with Gasteiger partial charge < -0.3 is 21.4 Å². The molecule has 0 fully saturated rings. The summed E-state index contributed by atoms with van der Waals surface area (Å²) < 4.78 is 0. The number of nitrogens with one attached hydrogen (secondary N) is 4. The molecule has 0 spiro atoms. The summed E-state index contributed by atoms with van der Waals surface area (Å²) in [5.74, 6) is -1.77. The van der Waals surface area contributed by atoms with Crippen molar-refractivity contribution in [1.82, 2.24) is 16.0 Å². The van der Waals surface area contributed by atoms with E-state index in [9.17, 15) is 19.2 Å². The molecule has 0 aliphatic rings. The molecule has 0 saturated heterocycles. The van der Waals surface area contributed by atoms with Crippen LogP contribution in [-0.2, 0) is 25.7 Å². The number of benzene rings is 1. The summed E-state index contributed by atoms with van der Waals surface area (Å²) in [6.45, 7) is 3.26. The maximum absolute atomic E-state index is 12.5. The van der Waals surface area contributed by atoms with Crippen LogP contribution in [0.25, 0.3) is 0 Å². The van der Waals surface area contributed by atoms with Crippen molar-refractivity contribution in [3.05, 3.63) is 34.9 Å². The van der Waals surface area contributed by atoms with E-state index in [1.54, 1.807) is 31.2 Å². The summed E-state index contributed by atoms with van der Waals surface area (Å²) in [6, 6.07) is 5.18. The van der Waals surface area contributed by atoms with Crippen molar-refractivity contribution < 1.29 is 19.2 Å². The van der Waals surface area contributed by atoms with Crippen molar-refractivity contribution in [2.75, 3.05) is 0 Å². The number of hydrogen-bond donors (Lipinski definition) is 4. The van der Waals surface area contributed by atoms with Crippen molar-refractivity contribution in [2.45, 2.75) is 51.7 Å². The molecule has 2 atom stereocenters. The van der Waals surface area contributed by atoms with Gasteiger partial charge in [0, 0.05) is 24.9 Å². The quantitative estimate of drug-likeness (QED) is 0.412. The second-order valence-corrected chi connectivity index (χ2v) is 6.65. The van der Waals surface area contributed by atoms with Crippen LogP contribution in [0, 0.1) is 5.41 Å². The maximum atomic E-state index is 12.5. The van der Waals surface area contributed by atoms with Gasteiger partial charge in [0.1, 0.15) is 12.1 Å². The summed E-state index contributed by atoms with van der Waals surface area (Å²) in [7, 11) is 0. The second-order valence-electron chi connectivity index (χ2n) is 6.22. The Hall–Kier alpha value is -2.74. The van der Waals surface area contributed by atoms with Gasteiger partial charge in [0.05, 0.1) is 6.21 Å². The van der Waals surface area contributed by atoms with Crippen molar-refractivity contribution in [3.8, 4) is 0 Å². The maximum Gasteiger partial charge on any atom is 0.243 e. The first-order valence-electron chi connectivity index (χ1n) is 8.89. The van der Waals surface area contributed by atoms with Crippen LogP contribution in [-0.4, -0.2) is 41.8 Å². The molecule has 0 unspecified atom stereocenters. The number of rotatable bonds is 11. The monoisotopic (exact) mass is 408 g/mol. The average Bonchev–Trinajstić information content (AvgIpc) is 2.67. The van der Waals surface area contributed by atoms with Crippen LogP contribution in [0.2, 0.25) is 5.02 Å². The van der Waals surface area contributed by atoms with Crippen LogP contribution >= 0.6 is 11.6 Å². The van der Waals surface area contributed by atoms with Crippen molar-refractivity contribution in [3.63, 3.8) is 0 Å². The number of carbonyl (C=O) groups excluding carboxylic acids is 4. The predicted molar refractivity (Wildman–Crippen MR) is 106 cm³/mol. The number of amides is 3. The third-order valence-electron chi connectivity index (χ3n) is 3.96. The Balaban J connectivity index is 2.78. The van der Waals surface area contributed by atoms with Crippen LogP contribution in [0.3, 0.4) is 0 Å². The third-order valence-corrected chi connectivity index (χ3v) is 4.21. The molecule has 152 valence electrons. The number of ketones is 1. The Morgan fingerprint density at radius 3 is 2.25 bits per heavy atom. The topological polar surface area (TPSA) is 128 Å². The van der Waals surface area contributed by atoms with E-state index in [4.69, 9.17) is 17.0 Å². The molecule has 0 radical (unpaired) electrons. The van der Waals surface area contributed by atoms with Gasteiger partial charge in [0.15, 0.2) is 5.78 Å². The van der Waals surface area contributed by atoms with Crippen LogP contribution in [0.1, 0.15) is 38.7 Å². The first kappa shape index (κ1) is 23.3. The molecule has 0 aliphatic carbocycles. The normalized spacial score (nSPS) is 12.4. The van der Waals surface area contributed by atoms with E-state index in [2.05, 4.69) is 16.0 Å². The smallest absolute Gasteiger partial charge is 0.243 e. The van der Waals surface area contributed by atoms with Crippen molar-refractivity contribution >= 4 is 41.3 Å². The molecule has 0 heterocycles. The first-order valence-corrected chi connectivity index (χ1v) is 9.27. The fourth-order valence-electron chi connectivity index (χ4n) is 2.41. The van der Waals surface area contributed by atoms with Gasteiger partial charge in [-0.1, -0.05) is 30.7 Å². The van der Waals surface area contributed by atoms with E-state index >= 15 is 0 Å². The van der Waals surface area contributed by atoms with E-state index in [0.717, 1.165) is 5.56 Å². The summed E-state index contributed by atoms with van der Waals surface area (Å²) in [5.41, 5.74) is 0.822. The minimum Gasteiger partial charge on any atom is -0.350 e. The zero-order valence-electron chi connectivity index (χ0n) is 15.9. The van der Waals surface area contributed by atoms with Crippen LogP contribution in [0.15, 0.2) is 24.3 Å². The Labute approximate surface area is 168 Å². The zero-order valence-corrected chi connectivity index (χ0v) is 16.6. The number of halogens is 1. The molecule has 9 heteroatoms. The molecule has 0 saturated carbocycles. The Morgan fingerprint density at radius 1 is 1.07 bits per heavy atom. The SMILES string of the molecule is CC[C@H](NC(C)=O)C(=O)N[C@@H](CCC(=O)C=N)C(=O)NCc1ccc(Cl)cc1. The number of hydrogen-bond acceptors (Lipinski definition) is 5. The fraction of sp³-hybridized carbons (Fsp3) is 0.421. The lowest BCUT2D eigenvalue weighted by molar-refractivity contribution is -0.132. The fourth-order valence-corrected chi connectivity index (χ4v) is 2.54. The molecule has 1 aromatic rings. The molecule has 3 amide bonds. The van der Waals surface area contributed by atoms with Gasteiger partial charge in [0.2, 0.25) is 17.7 Å². The highest BCUT2D eigenvalue weighted by atomic mass is 35.5. The van der Waals surface area contributed by atoms with E-state index in [1.807, 2.05) is 0 Å². The molecule has 4 N–H and O–H groups in total. The van der Waals surface area contributed by atoms with E-state index in [1.165, 1.54) is 6.92 Å². The van der Waals surface area contributed by atoms with Crippen LogP contribution in [0.4, 0.5) is 0 Å². The van der Waals surface area contributed by atoms with Crippen LogP contribution in [0.5, 0.6) is 0 Å². The van der Waals surface area contributed by atoms with Gasteiger partial charge >= 0.3 is 0 Å². The summed E-state index contributed by atoms with van der Waals surface area (Å²) >= 11 is 5.83. The second kappa shape index (κ2) is 11.9. The van der Waals surface area contributed by atoms with Gasteiger partial charge in [-0.15, -0.1) is 0 Å². The lowest BCUT2D eigenvalue weighted by atomic mass is 10.1. The molecule has 1 rings (SSSR count). The Morgan fingerprint density at radius 2 is 1.71 bits per heavy atom. The average molecular weight is 409 g/mol. The third kappa shape index (κ3) is 8.30. The highest BCUT2D eigenvalue weighted by molar-refractivity contribution is 6.30. The first-order chi connectivity index (χ1) is 13.3. The number of carbonyl (C=O) groups is 4. The summed E-state index contributed by atoms with van der Waals surface area (Å²) in [5, 5.41) is 15.4. The van der Waals surface area contributed by atoms with E-state index in [0.29, 0.717) is 17.7 Å². The molecule has 8 nitrogen and oxygen atoms in total. The van der Waals surface area contributed by atoms with E-state index < -0.39 is 29.7 Å². The van der Waals surface area contributed by atoms with Gasteiger partial charge in [-0.3, -0.25) is 19.2 Å². The van der Waals surface area contributed by atoms with Crippen molar-refractivity contribution in [1.29, 1.82) is 5.41 Å².